The van der Waals surface area contributed by atoms with E-state index in [0.717, 1.165) is 37.5 Å². The molecule has 0 aliphatic carbocycles. The van der Waals surface area contributed by atoms with Crippen LogP contribution in [0.3, 0.4) is 0 Å². The molecule has 144 valence electrons. The van der Waals surface area contributed by atoms with Gasteiger partial charge in [0.2, 0.25) is 0 Å². The number of ether oxygens (including phenoxy) is 1. The van der Waals surface area contributed by atoms with Crippen LogP contribution in [0.5, 0.6) is 5.75 Å². The number of amides is 1. The highest BCUT2D eigenvalue weighted by Gasteiger charge is 2.21. The predicted molar refractivity (Wildman–Crippen MR) is 110 cm³/mol. The van der Waals surface area contributed by atoms with E-state index in [0.29, 0.717) is 15.8 Å². The van der Waals surface area contributed by atoms with E-state index in [2.05, 4.69) is 22.3 Å². The first-order chi connectivity index (χ1) is 13.0. The second kappa shape index (κ2) is 9.65. The van der Waals surface area contributed by atoms with Crippen LogP contribution in [0.15, 0.2) is 42.5 Å². The number of carbonyl (C=O) groups is 1. The van der Waals surface area contributed by atoms with Crippen LogP contribution in [-0.2, 0) is 11.3 Å². The van der Waals surface area contributed by atoms with Crippen LogP contribution in [0.1, 0.15) is 18.4 Å². The van der Waals surface area contributed by atoms with E-state index >= 15 is 0 Å². The second-order valence-corrected chi connectivity index (χ2v) is 7.86. The summed E-state index contributed by atoms with van der Waals surface area (Å²) < 4.78 is 5.48. The van der Waals surface area contributed by atoms with Gasteiger partial charge in [0, 0.05) is 36.8 Å². The lowest BCUT2D eigenvalue weighted by Crippen LogP contribution is -2.45. The minimum Gasteiger partial charge on any atom is -0.484 e. The van der Waals surface area contributed by atoms with E-state index in [1.807, 2.05) is 12.1 Å². The van der Waals surface area contributed by atoms with Crippen molar-refractivity contribution in [1.29, 1.82) is 0 Å². The van der Waals surface area contributed by atoms with Crippen LogP contribution in [-0.4, -0.2) is 36.5 Å². The molecule has 1 fully saturated rings. The molecule has 0 saturated carbocycles. The van der Waals surface area contributed by atoms with E-state index in [-0.39, 0.29) is 18.6 Å². The number of hydrogen-bond acceptors (Lipinski definition) is 3. The number of nitrogens with one attached hydrogen (secondary N) is 1. The summed E-state index contributed by atoms with van der Waals surface area (Å²) in [7, 11) is 0. The Morgan fingerprint density at radius 1 is 1.04 bits per heavy atom. The van der Waals surface area contributed by atoms with E-state index in [4.69, 9.17) is 39.5 Å². The Kier molecular flexibility index (Phi) is 7.25. The molecule has 1 amide bonds. The number of piperidine rings is 1. The summed E-state index contributed by atoms with van der Waals surface area (Å²) in [6.45, 7) is 2.75. The van der Waals surface area contributed by atoms with Gasteiger partial charge in [-0.05, 0) is 42.7 Å². The minimum absolute atomic E-state index is 0.0387. The van der Waals surface area contributed by atoms with Crippen LogP contribution < -0.4 is 10.1 Å². The van der Waals surface area contributed by atoms with Crippen molar-refractivity contribution in [2.45, 2.75) is 25.4 Å². The summed E-state index contributed by atoms with van der Waals surface area (Å²) in [5.74, 6) is 0.398. The molecule has 0 bridgehead atoms. The predicted octanol–water partition coefficient (Wildman–Crippen LogP) is 4.81. The molecule has 2 aromatic rings. The van der Waals surface area contributed by atoms with Crippen molar-refractivity contribution in [3.8, 4) is 5.75 Å². The molecule has 7 heteroatoms. The third-order valence-corrected chi connectivity index (χ3v) is 5.52. The summed E-state index contributed by atoms with van der Waals surface area (Å²) >= 11 is 17.7. The zero-order chi connectivity index (χ0) is 19.2. The lowest BCUT2D eigenvalue weighted by atomic mass is 10.0. The third kappa shape index (κ3) is 6.28. The van der Waals surface area contributed by atoms with Crippen molar-refractivity contribution in [3.05, 3.63) is 63.1 Å². The number of rotatable bonds is 6. The van der Waals surface area contributed by atoms with E-state index < -0.39 is 0 Å². The standard InChI is InChI=1S/C20H21Cl3N2O2/c21-15-3-1-14(2-4-15)12-25-9-7-16(8-10-25)24-20(26)13-27-17-5-6-18(22)19(23)11-17/h1-6,11,16H,7-10,12-13H2,(H,24,26). The number of hydrogen-bond donors (Lipinski definition) is 1. The molecular weight excluding hydrogens is 407 g/mol. The average molecular weight is 428 g/mol. The first-order valence-corrected chi connectivity index (χ1v) is 9.97. The number of carbonyl (C=O) groups excluding carboxylic acids is 1. The lowest BCUT2D eigenvalue weighted by Gasteiger charge is -2.32. The summed E-state index contributed by atoms with van der Waals surface area (Å²) in [5, 5.41) is 4.66. The molecular formula is C20H21Cl3N2O2. The van der Waals surface area contributed by atoms with Crippen LogP contribution in [0.2, 0.25) is 15.1 Å². The summed E-state index contributed by atoms with van der Waals surface area (Å²) in [6, 6.07) is 13.1. The molecule has 0 atom stereocenters. The van der Waals surface area contributed by atoms with Crippen molar-refractivity contribution in [3.63, 3.8) is 0 Å². The Morgan fingerprint density at radius 3 is 2.41 bits per heavy atom. The fourth-order valence-electron chi connectivity index (χ4n) is 3.07. The fraction of sp³-hybridized carbons (Fsp3) is 0.350. The van der Waals surface area contributed by atoms with E-state index in [1.54, 1.807) is 18.2 Å². The van der Waals surface area contributed by atoms with Crippen molar-refractivity contribution in [1.82, 2.24) is 10.2 Å². The number of likely N-dealkylation sites (tertiary alicyclic amines) is 1. The maximum Gasteiger partial charge on any atom is 0.258 e. The molecule has 1 N–H and O–H groups in total. The molecule has 4 nitrogen and oxygen atoms in total. The smallest absolute Gasteiger partial charge is 0.258 e. The maximum absolute atomic E-state index is 12.1. The first-order valence-electron chi connectivity index (χ1n) is 8.83. The van der Waals surface area contributed by atoms with Crippen molar-refractivity contribution < 1.29 is 9.53 Å². The van der Waals surface area contributed by atoms with Crippen LogP contribution in [0.25, 0.3) is 0 Å². The summed E-state index contributed by atoms with van der Waals surface area (Å²) in [5.41, 5.74) is 1.25. The molecule has 1 saturated heterocycles. The lowest BCUT2D eigenvalue weighted by molar-refractivity contribution is -0.124. The molecule has 0 unspecified atom stereocenters. The van der Waals surface area contributed by atoms with Gasteiger partial charge in [0.15, 0.2) is 6.61 Å². The molecule has 0 aromatic heterocycles. The molecule has 27 heavy (non-hydrogen) atoms. The van der Waals surface area contributed by atoms with Gasteiger partial charge in [-0.3, -0.25) is 9.69 Å². The molecule has 1 aliphatic rings. The second-order valence-electron chi connectivity index (χ2n) is 6.61. The largest absolute Gasteiger partial charge is 0.484 e. The molecule has 0 spiro atoms. The molecule has 1 heterocycles. The molecule has 0 radical (unpaired) electrons. The Morgan fingerprint density at radius 2 is 1.74 bits per heavy atom. The highest BCUT2D eigenvalue weighted by Crippen LogP contribution is 2.26. The Labute approximate surface area is 174 Å². The minimum atomic E-state index is -0.128. The fourth-order valence-corrected chi connectivity index (χ4v) is 3.48. The van der Waals surface area contributed by atoms with Crippen LogP contribution in [0.4, 0.5) is 0 Å². The first kappa shape index (κ1) is 20.3. The quantitative estimate of drug-likeness (QED) is 0.719. The maximum atomic E-state index is 12.1. The van der Waals surface area contributed by atoms with Gasteiger partial charge in [-0.15, -0.1) is 0 Å². The van der Waals surface area contributed by atoms with Crippen molar-refractivity contribution in [2.24, 2.45) is 0 Å². The topological polar surface area (TPSA) is 41.6 Å². The Hall–Kier alpha value is -1.46. The highest BCUT2D eigenvalue weighted by atomic mass is 35.5. The van der Waals surface area contributed by atoms with Gasteiger partial charge in [0.25, 0.3) is 5.91 Å². The Balaban J connectivity index is 1.38. The SMILES string of the molecule is O=C(COc1ccc(Cl)c(Cl)c1)NC1CCN(Cc2ccc(Cl)cc2)CC1. The van der Waals surface area contributed by atoms with Gasteiger partial charge in [-0.1, -0.05) is 46.9 Å². The number of benzene rings is 2. The van der Waals surface area contributed by atoms with Crippen molar-refractivity contribution >= 4 is 40.7 Å². The number of nitrogens with zero attached hydrogens (tertiary/aromatic N) is 1. The third-order valence-electron chi connectivity index (χ3n) is 4.53. The Bertz CT molecular complexity index is 775. The molecule has 1 aliphatic heterocycles. The van der Waals surface area contributed by atoms with Gasteiger partial charge in [-0.2, -0.15) is 0 Å². The van der Waals surface area contributed by atoms with Crippen LogP contribution >= 0.6 is 34.8 Å². The van der Waals surface area contributed by atoms with Crippen molar-refractivity contribution in [2.75, 3.05) is 19.7 Å². The van der Waals surface area contributed by atoms with E-state index in [1.165, 1.54) is 5.56 Å². The van der Waals surface area contributed by atoms with E-state index in [9.17, 15) is 4.79 Å². The highest BCUT2D eigenvalue weighted by molar-refractivity contribution is 6.42. The summed E-state index contributed by atoms with van der Waals surface area (Å²) in [6.07, 6.45) is 1.85. The monoisotopic (exact) mass is 426 g/mol. The van der Waals surface area contributed by atoms with Gasteiger partial charge in [0.05, 0.1) is 10.0 Å². The molecule has 2 aromatic carbocycles. The van der Waals surface area contributed by atoms with Gasteiger partial charge >= 0.3 is 0 Å². The number of halogens is 3. The van der Waals surface area contributed by atoms with Crippen LogP contribution in [0, 0.1) is 0 Å². The van der Waals surface area contributed by atoms with Gasteiger partial charge in [0.1, 0.15) is 5.75 Å². The van der Waals surface area contributed by atoms with Gasteiger partial charge < -0.3 is 10.1 Å². The summed E-state index contributed by atoms with van der Waals surface area (Å²) in [4.78, 5) is 14.5. The zero-order valence-electron chi connectivity index (χ0n) is 14.8. The average Bonchev–Trinajstić information content (AvgIpc) is 2.66. The zero-order valence-corrected chi connectivity index (χ0v) is 17.0. The normalized spacial score (nSPS) is 15.5. The van der Waals surface area contributed by atoms with Gasteiger partial charge in [-0.25, -0.2) is 0 Å². The molecule has 3 rings (SSSR count).